The standard InChI is InChI=1S/C21H23ClN2O2S/c1-3-14(2)23-20(26)16-6-8-17(9-7-16)21-24(19(25)13-27-21)12-15-4-10-18(22)11-5-15/h4-11,14,21H,3,12-13H2,1-2H3,(H,23,26)/t14-,21-/m1/s1. The summed E-state index contributed by atoms with van der Waals surface area (Å²) in [6.45, 7) is 4.57. The molecule has 4 nitrogen and oxygen atoms in total. The van der Waals surface area contributed by atoms with Crippen molar-refractivity contribution in [1.82, 2.24) is 10.2 Å². The van der Waals surface area contributed by atoms with Gasteiger partial charge in [0.15, 0.2) is 0 Å². The number of halogens is 1. The Morgan fingerprint density at radius 2 is 1.89 bits per heavy atom. The summed E-state index contributed by atoms with van der Waals surface area (Å²) in [5.41, 5.74) is 2.71. The molecule has 27 heavy (non-hydrogen) atoms. The Labute approximate surface area is 169 Å². The number of hydrogen-bond acceptors (Lipinski definition) is 3. The molecule has 0 radical (unpaired) electrons. The van der Waals surface area contributed by atoms with Gasteiger partial charge in [0.1, 0.15) is 5.37 Å². The van der Waals surface area contributed by atoms with Crippen LogP contribution in [0.25, 0.3) is 0 Å². The number of benzene rings is 2. The van der Waals surface area contributed by atoms with Gasteiger partial charge >= 0.3 is 0 Å². The van der Waals surface area contributed by atoms with E-state index in [9.17, 15) is 9.59 Å². The van der Waals surface area contributed by atoms with Gasteiger partial charge in [0, 0.05) is 23.2 Å². The molecule has 1 saturated heterocycles. The van der Waals surface area contributed by atoms with Gasteiger partial charge in [-0.2, -0.15) is 0 Å². The first-order chi connectivity index (χ1) is 13.0. The van der Waals surface area contributed by atoms with Gasteiger partial charge in [-0.3, -0.25) is 9.59 Å². The van der Waals surface area contributed by atoms with Gasteiger partial charge in [0.2, 0.25) is 5.91 Å². The average Bonchev–Trinajstić information content (AvgIpc) is 3.04. The van der Waals surface area contributed by atoms with Gasteiger partial charge in [0.25, 0.3) is 5.91 Å². The van der Waals surface area contributed by atoms with Crippen molar-refractivity contribution in [2.75, 3.05) is 5.75 Å². The highest BCUT2D eigenvalue weighted by atomic mass is 35.5. The summed E-state index contributed by atoms with van der Waals surface area (Å²) >= 11 is 7.56. The Morgan fingerprint density at radius 3 is 2.52 bits per heavy atom. The van der Waals surface area contributed by atoms with Crippen LogP contribution < -0.4 is 5.32 Å². The Morgan fingerprint density at radius 1 is 1.22 bits per heavy atom. The van der Waals surface area contributed by atoms with Crippen molar-refractivity contribution in [2.45, 2.75) is 38.2 Å². The van der Waals surface area contributed by atoms with Crippen molar-refractivity contribution in [3.05, 3.63) is 70.2 Å². The van der Waals surface area contributed by atoms with E-state index in [1.807, 2.05) is 67.3 Å². The van der Waals surface area contributed by atoms with Crippen LogP contribution in [0.3, 0.4) is 0 Å². The molecule has 1 aliphatic heterocycles. The molecule has 2 amide bonds. The molecule has 0 saturated carbocycles. The van der Waals surface area contributed by atoms with Gasteiger partial charge < -0.3 is 10.2 Å². The molecule has 1 aliphatic rings. The minimum atomic E-state index is -0.0657. The molecule has 2 atom stereocenters. The summed E-state index contributed by atoms with van der Waals surface area (Å²) in [5, 5.41) is 3.61. The van der Waals surface area contributed by atoms with Crippen molar-refractivity contribution in [3.63, 3.8) is 0 Å². The first-order valence-electron chi connectivity index (χ1n) is 9.04. The van der Waals surface area contributed by atoms with Crippen LogP contribution in [0.15, 0.2) is 48.5 Å². The lowest BCUT2D eigenvalue weighted by molar-refractivity contribution is -0.128. The largest absolute Gasteiger partial charge is 0.350 e. The van der Waals surface area contributed by atoms with Crippen LogP contribution in [0.1, 0.15) is 47.1 Å². The molecule has 0 aromatic heterocycles. The van der Waals surface area contributed by atoms with E-state index in [-0.39, 0.29) is 23.2 Å². The van der Waals surface area contributed by atoms with Gasteiger partial charge in [-0.15, -0.1) is 11.8 Å². The van der Waals surface area contributed by atoms with Crippen molar-refractivity contribution < 1.29 is 9.59 Å². The molecule has 3 rings (SSSR count). The number of nitrogens with zero attached hydrogens (tertiary/aromatic N) is 1. The van der Waals surface area contributed by atoms with Crippen LogP contribution in [0, 0.1) is 0 Å². The number of nitrogens with one attached hydrogen (secondary N) is 1. The first kappa shape index (κ1) is 19.8. The van der Waals surface area contributed by atoms with Gasteiger partial charge in [-0.05, 0) is 48.7 Å². The van der Waals surface area contributed by atoms with E-state index in [4.69, 9.17) is 11.6 Å². The Hall–Kier alpha value is -1.98. The summed E-state index contributed by atoms with van der Waals surface area (Å²) < 4.78 is 0. The van der Waals surface area contributed by atoms with E-state index in [1.165, 1.54) is 0 Å². The molecule has 2 aromatic rings. The van der Waals surface area contributed by atoms with Crippen molar-refractivity contribution in [2.24, 2.45) is 0 Å². The molecular formula is C21H23ClN2O2S. The summed E-state index contributed by atoms with van der Waals surface area (Å²) in [7, 11) is 0. The molecule has 142 valence electrons. The molecule has 1 heterocycles. The van der Waals surface area contributed by atoms with E-state index in [1.54, 1.807) is 11.8 Å². The van der Waals surface area contributed by atoms with Crippen molar-refractivity contribution >= 4 is 35.2 Å². The van der Waals surface area contributed by atoms with E-state index in [2.05, 4.69) is 5.32 Å². The highest BCUT2D eigenvalue weighted by Gasteiger charge is 2.32. The molecule has 0 spiro atoms. The molecule has 1 fully saturated rings. The zero-order valence-corrected chi connectivity index (χ0v) is 17.0. The molecule has 1 N–H and O–H groups in total. The number of amides is 2. The predicted molar refractivity (Wildman–Crippen MR) is 111 cm³/mol. The van der Waals surface area contributed by atoms with E-state index < -0.39 is 0 Å². The number of thioether (sulfide) groups is 1. The molecular weight excluding hydrogens is 380 g/mol. The maximum absolute atomic E-state index is 12.4. The number of carbonyl (C=O) groups is 2. The highest BCUT2D eigenvalue weighted by Crippen LogP contribution is 2.39. The fraction of sp³-hybridized carbons (Fsp3) is 0.333. The second-order valence-corrected chi connectivity index (χ2v) is 8.22. The summed E-state index contributed by atoms with van der Waals surface area (Å²) in [4.78, 5) is 26.5. The minimum absolute atomic E-state index is 0.0418. The maximum Gasteiger partial charge on any atom is 0.251 e. The van der Waals surface area contributed by atoms with Crippen LogP contribution >= 0.6 is 23.4 Å². The number of rotatable bonds is 6. The topological polar surface area (TPSA) is 49.4 Å². The lowest BCUT2D eigenvalue weighted by atomic mass is 10.1. The number of hydrogen-bond donors (Lipinski definition) is 1. The average molecular weight is 403 g/mol. The van der Waals surface area contributed by atoms with Crippen LogP contribution in [0.5, 0.6) is 0 Å². The summed E-state index contributed by atoms with van der Waals surface area (Å²) in [5.74, 6) is 0.525. The summed E-state index contributed by atoms with van der Waals surface area (Å²) in [6, 6.07) is 15.3. The Balaban J connectivity index is 1.73. The van der Waals surface area contributed by atoms with Crippen LogP contribution in [0.4, 0.5) is 0 Å². The van der Waals surface area contributed by atoms with Crippen molar-refractivity contribution in [1.29, 1.82) is 0 Å². The third-order valence-electron chi connectivity index (χ3n) is 4.68. The molecule has 6 heteroatoms. The molecule has 0 unspecified atom stereocenters. The monoisotopic (exact) mass is 402 g/mol. The molecule has 0 aliphatic carbocycles. The van der Waals surface area contributed by atoms with Crippen LogP contribution in [-0.4, -0.2) is 28.5 Å². The Bertz CT molecular complexity index is 808. The van der Waals surface area contributed by atoms with Crippen LogP contribution in [0.2, 0.25) is 5.02 Å². The third-order valence-corrected chi connectivity index (χ3v) is 6.19. The van der Waals surface area contributed by atoms with Gasteiger partial charge in [-0.1, -0.05) is 42.8 Å². The molecule has 2 aromatic carbocycles. The van der Waals surface area contributed by atoms with E-state index >= 15 is 0 Å². The fourth-order valence-corrected chi connectivity index (χ4v) is 4.21. The first-order valence-corrected chi connectivity index (χ1v) is 10.5. The third kappa shape index (κ3) is 4.85. The second-order valence-electron chi connectivity index (χ2n) is 6.72. The van der Waals surface area contributed by atoms with Gasteiger partial charge in [-0.25, -0.2) is 0 Å². The van der Waals surface area contributed by atoms with Gasteiger partial charge in [0.05, 0.1) is 5.75 Å². The number of carbonyl (C=O) groups excluding carboxylic acids is 2. The SMILES string of the molecule is CC[C@@H](C)NC(=O)c1ccc([C@H]2SCC(=O)N2Cc2ccc(Cl)cc2)cc1. The lowest BCUT2D eigenvalue weighted by Crippen LogP contribution is -2.32. The van der Waals surface area contributed by atoms with Crippen molar-refractivity contribution in [3.8, 4) is 0 Å². The summed E-state index contributed by atoms with van der Waals surface area (Å²) in [6.07, 6.45) is 0.893. The lowest BCUT2D eigenvalue weighted by Gasteiger charge is -2.24. The predicted octanol–water partition coefficient (Wildman–Crippen LogP) is 4.64. The van der Waals surface area contributed by atoms with Crippen LogP contribution in [-0.2, 0) is 11.3 Å². The molecule has 0 bridgehead atoms. The maximum atomic E-state index is 12.4. The Kier molecular flexibility index (Phi) is 6.45. The smallest absolute Gasteiger partial charge is 0.251 e. The zero-order chi connectivity index (χ0) is 19.4. The minimum Gasteiger partial charge on any atom is -0.350 e. The second kappa shape index (κ2) is 8.81. The normalized spacial score (nSPS) is 17.8. The quantitative estimate of drug-likeness (QED) is 0.765. The zero-order valence-electron chi connectivity index (χ0n) is 15.4. The fourth-order valence-electron chi connectivity index (χ4n) is 2.90. The van der Waals surface area contributed by atoms with E-state index in [0.29, 0.717) is 22.9 Å². The van der Waals surface area contributed by atoms with E-state index in [0.717, 1.165) is 17.5 Å². The highest BCUT2D eigenvalue weighted by molar-refractivity contribution is 8.00.